The van der Waals surface area contributed by atoms with Gasteiger partial charge in [0.1, 0.15) is 10.9 Å². The van der Waals surface area contributed by atoms with E-state index < -0.39 is 0 Å². The number of amides is 1. The first kappa shape index (κ1) is 16.3. The maximum absolute atomic E-state index is 12.2. The summed E-state index contributed by atoms with van der Waals surface area (Å²) in [4.78, 5) is 16.1. The second-order valence-electron chi connectivity index (χ2n) is 5.30. The van der Waals surface area contributed by atoms with Gasteiger partial charge in [-0.3, -0.25) is 4.79 Å². The van der Waals surface area contributed by atoms with Gasteiger partial charge in [0.15, 0.2) is 0 Å². The third-order valence-electron chi connectivity index (χ3n) is 3.07. The lowest BCUT2D eigenvalue weighted by atomic mass is 10.1. The smallest absolute Gasteiger partial charge is 0.251 e. The molecule has 1 aromatic carbocycles. The van der Waals surface area contributed by atoms with Gasteiger partial charge in [-0.05, 0) is 50.6 Å². The lowest BCUT2D eigenvalue weighted by Crippen LogP contribution is -2.26. The topological polar surface area (TPSA) is 51.2 Å². The van der Waals surface area contributed by atoms with E-state index in [0.717, 1.165) is 11.3 Å². The Morgan fingerprint density at radius 3 is 2.68 bits per heavy atom. The van der Waals surface area contributed by atoms with Crippen molar-refractivity contribution >= 4 is 17.5 Å². The van der Waals surface area contributed by atoms with Crippen LogP contribution in [0, 0.1) is 0 Å². The van der Waals surface area contributed by atoms with Crippen LogP contribution in [0.1, 0.15) is 42.7 Å². The minimum Gasteiger partial charge on any atom is -0.491 e. The van der Waals surface area contributed by atoms with Crippen LogP contribution in [0.15, 0.2) is 42.6 Å². The number of benzene rings is 1. The highest BCUT2D eigenvalue weighted by Gasteiger charge is 2.12. The Morgan fingerprint density at radius 2 is 2.00 bits per heavy atom. The number of hydrogen-bond acceptors (Lipinski definition) is 3. The maximum Gasteiger partial charge on any atom is 0.251 e. The van der Waals surface area contributed by atoms with Gasteiger partial charge in [-0.2, -0.15) is 0 Å². The third kappa shape index (κ3) is 4.46. The Bertz CT molecular complexity index is 659. The first-order valence-corrected chi connectivity index (χ1v) is 7.52. The lowest BCUT2D eigenvalue weighted by molar-refractivity contribution is 0.0939. The van der Waals surface area contributed by atoms with E-state index in [1.807, 2.05) is 45.0 Å². The number of carbonyl (C=O) groups is 1. The minimum atomic E-state index is -0.188. The molecule has 116 valence electrons. The van der Waals surface area contributed by atoms with Crippen LogP contribution in [0.2, 0.25) is 5.15 Å². The standard InChI is InChI=1S/C17H19ClN2O2/c1-11(2)22-15-6-4-5-13(9-15)12(3)20-17(21)14-7-8-19-16(18)10-14/h4-12H,1-3H3,(H,20,21). The van der Waals surface area contributed by atoms with E-state index in [0.29, 0.717) is 10.7 Å². The molecule has 5 heteroatoms. The van der Waals surface area contributed by atoms with Crippen molar-refractivity contribution in [2.45, 2.75) is 32.9 Å². The lowest BCUT2D eigenvalue weighted by Gasteiger charge is -2.16. The zero-order valence-electron chi connectivity index (χ0n) is 12.8. The van der Waals surface area contributed by atoms with Crippen LogP contribution in [0.25, 0.3) is 0 Å². The Morgan fingerprint density at radius 1 is 1.23 bits per heavy atom. The summed E-state index contributed by atoms with van der Waals surface area (Å²) in [6.07, 6.45) is 1.62. The fourth-order valence-electron chi connectivity index (χ4n) is 2.04. The molecule has 0 fully saturated rings. The Hall–Kier alpha value is -2.07. The SMILES string of the molecule is CC(C)Oc1cccc(C(C)NC(=O)c2ccnc(Cl)c2)c1. The van der Waals surface area contributed by atoms with Gasteiger partial charge < -0.3 is 10.1 Å². The summed E-state index contributed by atoms with van der Waals surface area (Å²) < 4.78 is 5.67. The summed E-state index contributed by atoms with van der Waals surface area (Å²) in [7, 11) is 0. The Balaban J connectivity index is 2.08. The number of carbonyl (C=O) groups excluding carboxylic acids is 1. The van der Waals surface area contributed by atoms with E-state index in [2.05, 4.69) is 10.3 Å². The molecule has 0 aliphatic carbocycles. The van der Waals surface area contributed by atoms with Crippen LogP contribution in [0.3, 0.4) is 0 Å². The van der Waals surface area contributed by atoms with Gasteiger partial charge in [0, 0.05) is 11.8 Å². The summed E-state index contributed by atoms with van der Waals surface area (Å²) in [6, 6.07) is 10.7. The van der Waals surface area contributed by atoms with E-state index in [1.165, 1.54) is 6.20 Å². The second kappa shape index (κ2) is 7.27. The highest BCUT2D eigenvalue weighted by Crippen LogP contribution is 2.20. The van der Waals surface area contributed by atoms with Crippen molar-refractivity contribution in [3.63, 3.8) is 0 Å². The highest BCUT2D eigenvalue weighted by atomic mass is 35.5. The van der Waals surface area contributed by atoms with Crippen LogP contribution >= 0.6 is 11.6 Å². The van der Waals surface area contributed by atoms with Gasteiger partial charge in [-0.15, -0.1) is 0 Å². The van der Waals surface area contributed by atoms with E-state index in [4.69, 9.17) is 16.3 Å². The van der Waals surface area contributed by atoms with Gasteiger partial charge in [0.2, 0.25) is 0 Å². The summed E-state index contributed by atoms with van der Waals surface area (Å²) in [5.74, 6) is 0.604. The van der Waals surface area contributed by atoms with Crippen molar-refractivity contribution in [1.29, 1.82) is 0 Å². The molecular formula is C17H19ClN2O2. The third-order valence-corrected chi connectivity index (χ3v) is 3.27. The normalized spacial score (nSPS) is 12.0. The average Bonchev–Trinajstić information content (AvgIpc) is 2.46. The molecule has 1 N–H and O–H groups in total. The molecular weight excluding hydrogens is 300 g/mol. The number of nitrogens with zero attached hydrogens (tertiary/aromatic N) is 1. The molecule has 0 saturated carbocycles. The molecule has 4 nitrogen and oxygen atoms in total. The average molecular weight is 319 g/mol. The first-order valence-electron chi connectivity index (χ1n) is 7.14. The molecule has 0 spiro atoms. The fourth-order valence-corrected chi connectivity index (χ4v) is 2.21. The van der Waals surface area contributed by atoms with Gasteiger partial charge in [0.05, 0.1) is 12.1 Å². The second-order valence-corrected chi connectivity index (χ2v) is 5.69. The summed E-state index contributed by atoms with van der Waals surface area (Å²) in [6.45, 7) is 5.88. The predicted molar refractivity (Wildman–Crippen MR) is 87.3 cm³/mol. The number of pyridine rings is 1. The molecule has 22 heavy (non-hydrogen) atoms. The fraction of sp³-hybridized carbons (Fsp3) is 0.294. The zero-order chi connectivity index (χ0) is 16.1. The molecule has 2 rings (SSSR count). The van der Waals surface area contributed by atoms with E-state index in [1.54, 1.807) is 12.1 Å². The van der Waals surface area contributed by atoms with Crippen molar-refractivity contribution in [2.24, 2.45) is 0 Å². The van der Waals surface area contributed by atoms with Crippen LogP contribution in [0.4, 0.5) is 0 Å². The minimum absolute atomic E-state index is 0.110. The monoisotopic (exact) mass is 318 g/mol. The largest absolute Gasteiger partial charge is 0.491 e. The molecule has 0 radical (unpaired) electrons. The number of rotatable bonds is 5. The van der Waals surface area contributed by atoms with Gasteiger partial charge in [-0.1, -0.05) is 23.7 Å². The molecule has 1 atom stereocenters. The van der Waals surface area contributed by atoms with Gasteiger partial charge in [-0.25, -0.2) is 4.98 Å². The van der Waals surface area contributed by atoms with Crippen molar-refractivity contribution in [2.75, 3.05) is 0 Å². The molecule has 1 aromatic heterocycles. The number of nitrogens with one attached hydrogen (secondary N) is 1. The molecule has 0 saturated heterocycles. The molecule has 1 heterocycles. The van der Waals surface area contributed by atoms with E-state index >= 15 is 0 Å². The molecule has 1 unspecified atom stereocenters. The molecule has 1 amide bonds. The van der Waals surface area contributed by atoms with Gasteiger partial charge >= 0.3 is 0 Å². The van der Waals surface area contributed by atoms with Crippen LogP contribution < -0.4 is 10.1 Å². The number of halogens is 1. The van der Waals surface area contributed by atoms with Crippen LogP contribution in [-0.4, -0.2) is 17.0 Å². The Labute approximate surface area is 135 Å². The number of aromatic nitrogens is 1. The zero-order valence-corrected chi connectivity index (χ0v) is 13.6. The predicted octanol–water partition coefficient (Wildman–Crippen LogP) is 4.01. The summed E-state index contributed by atoms with van der Waals surface area (Å²) >= 11 is 5.80. The molecule has 0 aliphatic rings. The van der Waals surface area contributed by atoms with Crippen molar-refractivity contribution < 1.29 is 9.53 Å². The molecule has 0 aliphatic heterocycles. The summed E-state index contributed by atoms with van der Waals surface area (Å²) in [5.41, 5.74) is 1.47. The van der Waals surface area contributed by atoms with Crippen molar-refractivity contribution in [1.82, 2.24) is 10.3 Å². The number of ether oxygens (including phenoxy) is 1. The van der Waals surface area contributed by atoms with Gasteiger partial charge in [0.25, 0.3) is 5.91 Å². The quantitative estimate of drug-likeness (QED) is 0.847. The van der Waals surface area contributed by atoms with E-state index in [-0.39, 0.29) is 18.1 Å². The highest BCUT2D eigenvalue weighted by molar-refractivity contribution is 6.29. The summed E-state index contributed by atoms with van der Waals surface area (Å²) in [5, 5.41) is 3.24. The molecule has 2 aromatic rings. The van der Waals surface area contributed by atoms with Crippen LogP contribution in [0.5, 0.6) is 5.75 Å². The van der Waals surface area contributed by atoms with E-state index in [9.17, 15) is 4.79 Å². The first-order chi connectivity index (χ1) is 10.5. The van der Waals surface area contributed by atoms with Crippen molar-refractivity contribution in [3.8, 4) is 5.75 Å². The van der Waals surface area contributed by atoms with Crippen LogP contribution in [-0.2, 0) is 0 Å². The molecule has 0 bridgehead atoms. The maximum atomic E-state index is 12.2. The van der Waals surface area contributed by atoms with Crippen molar-refractivity contribution in [3.05, 3.63) is 58.9 Å². The number of hydrogen-bond donors (Lipinski definition) is 1. The Kier molecular flexibility index (Phi) is 5.39.